The molecule has 0 fully saturated rings. The lowest BCUT2D eigenvalue weighted by Gasteiger charge is -2.17. The van der Waals surface area contributed by atoms with Crippen LogP contribution in [0.1, 0.15) is 36.1 Å². The third-order valence-electron chi connectivity index (χ3n) is 4.49. The number of ether oxygens (including phenoxy) is 2. The molecule has 0 spiro atoms. The molecule has 0 atom stereocenters. The van der Waals surface area contributed by atoms with E-state index in [9.17, 15) is 22.8 Å². The van der Waals surface area contributed by atoms with Gasteiger partial charge >= 0.3 is 12.1 Å². The van der Waals surface area contributed by atoms with Gasteiger partial charge in [-0.1, -0.05) is 17.7 Å². The highest BCUT2D eigenvalue weighted by Gasteiger charge is 2.39. The number of rotatable bonds is 7. The first-order chi connectivity index (χ1) is 14.1. The summed E-state index contributed by atoms with van der Waals surface area (Å²) in [6, 6.07) is 5.36. The Balaban J connectivity index is 1.45. The van der Waals surface area contributed by atoms with E-state index in [1.807, 2.05) is 6.07 Å². The Bertz CT molecular complexity index is 959. The molecule has 1 aliphatic rings. The molecule has 2 heterocycles. The van der Waals surface area contributed by atoms with Crippen molar-refractivity contribution >= 4 is 29.2 Å². The number of amides is 1. The normalized spacial score (nSPS) is 13.6. The summed E-state index contributed by atoms with van der Waals surface area (Å²) in [7, 11) is 1.27. The standard InChI is InChI=1S/C19H19ClF3N3O4/c1-26-18(20)13(17(25-26)19(21,22)23)10-30-16(28)3-2-8-29-12-6-4-11-5-7-15(27)24-14(11)9-12/h4,6,9H,2-3,5,7-8,10H2,1H3,(H,24,27). The predicted molar refractivity (Wildman–Crippen MR) is 101 cm³/mol. The van der Waals surface area contributed by atoms with E-state index < -0.39 is 24.4 Å². The number of hydrogen-bond donors (Lipinski definition) is 1. The number of esters is 1. The minimum Gasteiger partial charge on any atom is -0.494 e. The summed E-state index contributed by atoms with van der Waals surface area (Å²) in [5.74, 6) is -0.185. The number of aromatic nitrogens is 2. The number of anilines is 1. The smallest absolute Gasteiger partial charge is 0.435 e. The minimum absolute atomic E-state index is 0.0408. The van der Waals surface area contributed by atoms with Crippen LogP contribution < -0.4 is 10.1 Å². The Morgan fingerprint density at radius 2 is 2.10 bits per heavy atom. The molecule has 0 saturated heterocycles. The van der Waals surface area contributed by atoms with E-state index in [1.54, 1.807) is 12.1 Å². The van der Waals surface area contributed by atoms with Gasteiger partial charge in [-0.05, 0) is 24.5 Å². The van der Waals surface area contributed by atoms with Crippen molar-refractivity contribution in [2.75, 3.05) is 11.9 Å². The van der Waals surface area contributed by atoms with Crippen molar-refractivity contribution in [3.63, 3.8) is 0 Å². The van der Waals surface area contributed by atoms with Crippen LogP contribution in [0.5, 0.6) is 5.75 Å². The highest BCUT2D eigenvalue weighted by atomic mass is 35.5. The maximum atomic E-state index is 13.0. The largest absolute Gasteiger partial charge is 0.494 e. The van der Waals surface area contributed by atoms with Gasteiger partial charge in [0.15, 0.2) is 5.69 Å². The fourth-order valence-corrected chi connectivity index (χ4v) is 3.16. The van der Waals surface area contributed by atoms with Crippen LogP contribution in [0.3, 0.4) is 0 Å². The molecule has 0 unspecified atom stereocenters. The second kappa shape index (κ2) is 8.95. The molecule has 0 radical (unpaired) electrons. The first-order valence-corrected chi connectivity index (χ1v) is 9.52. The summed E-state index contributed by atoms with van der Waals surface area (Å²) in [4.78, 5) is 23.3. The average molecular weight is 446 g/mol. The number of benzene rings is 1. The zero-order valence-corrected chi connectivity index (χ0v) is 16.8. The number of alkyl halides is 3. The van der Waals surface area contributed by atoms with E-state index in [1.165, 1.54) is 7.05 Å². The van der Waals surface area contributed by atoms with E-state index in [0.717, 1.165) is 10.2 Å². The van der Waals surface area contributed by atoms with Gasteiger partial charge in [0.25, 0.3) is 0 Å². The number of nitrogens with zero attached hydrogens (tertiary/aromatic N) is 2. The van der Waals surface area contributed by atoms with Crippen LogP contribution in [0.25, 0.3) is 0 Å². The van der Waals surface area contributed by atoms with Gasteiger partial charge in [-0.25, -0.2) is 0 Å². The molecule has 0 bridgehead atoms. The molecule has 1 aromatic heterocycles. The summed E-state index contributed by atoms with van der Waals surface area (Å²) >= 11 is 5.82. The highest BCUT2D eigenvalue weighted by molar-refractivity contribution is 6.30. The fraction of sp³-hybridized carbons (Fsp3) is 0.421. The van der Waals surface area contributed by atoms with Crippen LogP contribution in [0.15, 0.2) is 18.2 Å². The van der Waals surface area contributed by atoms with Gasteiger partial charge in [0, 0.05) is 31.6 Å². The molecule has 162 valence electrons. The van der Waals surface area contributed by atoms with Crippen LogP contribution in [0.2, 0.25) is 5.15 Å². The van der Waals surface area contributed by atoms with Crippen molar-refractivity contribution in [2.24, 2.45) is 7.05 Å². The Labute approximate surface area is 175 Å². The molecule has 0 saturated carbocycles. The summed E-state index contributed by atoms with van der Waals surface area (Å²) in [6.45, 7) is -0.422. The molecule has 11 heteroatoms. The zero-order chi connectivity index (χ0) is 21.9. The minimum atomic E-state index is -4.70. The molecule has 7 nitrogen and oxygen atoms in total. The Hall–Kier alpha value is -2.75. The van der Waals surface area contributed by atoms with Gasteiger partial charge in [-0.2, -0.15) is 18.3 Å². The summed E-state index contributed by atoms with van der Waals surface area (Å²) in [5.41, 5.74) is 0.174. The molecule has 1 amide bonds. The lowest BCUT2D eigenvalue weighted by molar-refractivity contribution is -0.149. The van der Waals surface area contributed by atoms with E-state index in [4.69, 9.17) is 21.1 Å². The Morgan fingerprint density at radius 3 is 2.83 bits per heavy atom. The molecule has 1 N–H and O–H groups in total. The second-order valence-corrected chi connectivity index (χ2v) is 7.08. The molecule has 1 aromatic carbocycles. The number of fused-ring (bicyclic) bond motifs is 1. The monoisotopic (exact) mass is 445 g/mol. The van der Waals surface area contributed by atoms with Gasteiger partial charge in [0.2, 0.25) is 5.91 Å². The topological polar surface area (TPSA) is 82.5 Å². The van der Waals surface area contributed by atoms with Gasteiger partial charge in [0.1, 0.15) is 17.5 Å². The summed E-state index contributed by atoms with van der Waals surface area (Å²) < 4.78 is 50.3. The number of nitrogens with one attached hydrogen (secondary N) is 1. The van der Waals surface area contributed by atoms with Crippen LogP contribution >= 0.6 is 11.6 Å². The number of aryl methyl sites for hydroxylation is 2. The number of halogens is 4. The molecule has 1 aliphatic heterocycles. The number of carbonyl (C=O) groups is 2. The van der Waals surface area contributed by atoms with Gasteiger partial charge in [-0.15, -0.1) is 0 Å². The maximum absolute atomic E-state index is 13.0. The van der Waals surface area contributed by atoms with Crippen molar-refractivity contribution in [2.45, 2.75) is 38.5 Å². The Morgan fingerprint density at radius 1 is 1.33 bits per heavy atom. The number of carbonyl (C=O) groups excluding carboxylic acids is 2. The van der Waals surface area contributed by atoms with Crippen molar-refractivity contribution < 1.29 is 32.2 Å². The third-order valence-corrected chi connectivity index (χ3v) is 4.96. The molecule has 0 aliphatic carbocycles. The summed E-state index contributed by atoms with van der Waals surface area (Å²) in [5, 5.41) is 5.86. The molecule has 30 heavy (non-hydrogen) atoms. The van der Waals surface area contributed by atoms with Gasteiger partial charge in [0.05, 0.1) is 12.2 Å². The lowest BCUT2D eigenvalue weighted by atomic mass is 10.0. The third kappa shape index (κ3) is 5.24. The molecule has 3 rings (SSSR count). The van der Waals surface area contributed by atoms with E-state index in [0.29, 0.717) is 30.7 Å². The fourth-order valence-electron chi connectivity index (χ4n) is 2.97. The molecule has 2 aromatic rings. The lowest BCUT2D eigenvalue weighted by Crippen LogP contribution is -2.18. The maximum Gasteiger partial charge on any atom is 0.435 e. The predicted octanol–water partition coefficient (Wildman–Crippen LogP) is 3.88. The van der Waals surface area contributed by atoms with Crippen LogP contribution in [0, 0.1) is 0 Å². The quantitative estimate of drug-likeness (QED) is 0.516. The SMILES string of the molecule is Cn1nc(C(F)(F)F)c(COC(=O)CCCOc2ccc3c(c2)NC(=O)CC3)c1Cl. The first kappa shape index (κ1) is 21.9. The van der Waals surface area contributed by atoms with Gasteiger partial charge < -0.3 is 14.8 Å². The van der Waals surface area contributed by atoms with E-state index in [-0.39, 0.29) is 29.7 Å². The number of hydrogen-bond acceptors (Lipinski definition) is 5. The second-order valence-electron chi connectivity index (χ2n) is 6.72. The van der Waals surface area contributed by atoms with E-state index in [2.05, 4.69) is 10.4 Å². The average Bonchev–Trinajstić information content (AvgIpc) is 2.98. The Kier molecular flexibility index (Phi) is 6.55. The highest BCUT2D eigenvalue weighted by Crippen LogP contribution is 2.34. The van der Waals surface area contributed by atoms with Gasteiger partial charge in [-0.3, -0.25) is 14.3 Å². The molecular formula is C19H19ClF3N3O4. The van der Waals surface area contributed by atoms with E-state index >= 15 is 0 Å². The van der Waals surface area contributed by atoms with Crippen molar-refractivity contribution in [1.29, 1.82) is 0 Å². The molecular weight excluding hydrogens is 427 g/mol. The first-order valence-electron chi connectivity index (χ1n) is 9.15. The van der Waals surface area contributed by atoms with Crippen LogP contribution in [-0.4, -0.2) is 28.3 Å². The van der Waals surface area contributed by atoms with Crippen LogP contribution in [0.4, 0.5) is 18.9 Å². The van der Waals surface area contributed by atoms with Crippen LogP contribution in [-0.2, 0) is 40.6 Å². The zero-order valence-electron chi connectivity index (χ0n) is 16.0. The van der Waals surface area contributed by atoms with Crippen molar-refractivity contribution in [3.05, 3.63) is 40.2 Å². The van der Waals surface area contributed by atoms with Crippen molar-refractivity contribution in [3.8, 4) is 5.75 Å². The van der Waals surface area contributed by atoms with Crippen molar-refractivity contribution in [1.82, 2.24) is 9.78 Å². The summed E-state index contributed by atoms with van der Waals surface area (Å²) in [6.07, 6.45) is -3.32.